The first kappa shape index (κ1) is 26.4. The SMILES string of the molecule is O=S(=O)(N[C@H]1CC2=C(c3ccn(C(F)F)n3)[C@H](c3ccc(F)cc3Cl)N=C(c3nccs3)N2C1)N1CC(O)C1. The molecule has 3 aliphatic rings. The van der Waals surface area contributed by atoms with Crippen molar-refractivity contribution in [2.45, 2.75) is 31.2 Å². The Bertz CT molecular complexity index is 1570. The predicted molar refractivity (Wildman–Crippen MR) is 138 cm³/mol. The van der Waals surface area contributed by atoms with Gasteiger partial charge in [-0.3, -0.25) is 4.99 Å². The molecule has 2 atom stereocenters. The molecule has 2 aromatic heterocycles. The van der Waals surface area contributed by atoms with Crippen LogP contribution in [0.1, 0.15) is 35.3 Å². The summed E-state index contributed by atoms with van der Waals surface area (Å²) in [6, 6.07) is 3.83. The summed E-state index contributed by atoms with van der Waals surface area (Å²) in [7, 11) is -3.88. The molecule has 0 radical (unpaired) electrons. The number of rotatable bonds is 7. The van der Waals surface area contributed by atoms with Crippen molar-refractivity contribution in [2.75, 3.05) is 19.6 Å². The normalized spacial score (nSPS) is 22.4. The fourth-order valence-electron chi connectivity index (χ4n) is 4.93. The van der Waals surface area contributed by atoms with Crippen LogP contribution in [-0.2, 0) is 10.2 Å². The standard InChI is InChI=1S/C23H21ClF3N7O3S2/c24-16-7-12(25)1-2-15(16)20-19(17-3-5-34(30-17)23(26)27)18-8-13(31-39(36,37)32-10-14(35)11-32)9-33(18)21(29-20)22-28-4-6-38-22/h1-7,13-14,20,23,31,35H,8-11H2/t13-,20-/m0/s1. The Hall–Kier alpha value is -2.82. The van der Waals surface area contributed by atoms with Gasteiger partial charge in [0.05, 0.1) is 11.8 Å². The van der Waals surface area contributed by atoms with E-state index in [9.17, 15) is 26.7 Å². The Morgan fingerprint density at radius 2 is 2.00 bits per heavy atom. The van der Waals surface area contributed by atoms with Crippen LogP contribution in [0.2, 0.25) is 5.02 Å². The number of nitrogens with one attached hydrogen (secondary N) is 1. The van der Waals surface area contributed by atoms with Crippen molar-refractivity contribution in [3.8, 4) is 0 Å². The number of aromatic nitrogens is 3. The monoisotopic (exact) mass is 599 g/mol. The van der Waals surface area contributed by atoms with Crippen LogP contribution in [0.5, 0.6) is 0 Å². The molecule has 3 aliphatic heterocycles. The van der Waals surface area contributed by atoms with Gasteiger partial charge in [0.1, 0.15) is 11.9 Å². The first-order valence-electron chi connectivity index (χ1n) is 11.8. The molecule has 0 saturated carbocycles. The van der Waals surface area contributed by atoms with Crippen molar-refractivity contribution >= 4 is 44.6 Å². The number of thiazole rings is 1. The summed E-state index contributed by atoms with van der Waals surface area (Å²) in [4.78, 5) is 11.1. The summed E-state index contributed by atoms with van der Waals surface area (Å²) < 4.78 is 71.0. The zero-order chi connectivity index (χ0) is 27.5. The van der Waals surface area contributed by atoms with Crippen molar-refractivity contribution in [1.82, 2.24) is 28.7 Å². The third kappa shape index (κ3) is 4.87. The number of halogens is 4. The third-order valence-electron chi connectivity index (χ3n) is 6.71. The van der Waals surface area contributed by atoms with E-state index in [2.05, 4.69) is 14.8 Å². The maximum atomic E-state index is 13.9. The quantitative estimate of drug-likeness (QED) is 0.431. The molecule has 39 heavy (non-hydrogen) atoms. The first-order valence-corrected chi connectivity index (χ1v) is 14.5. The van der Waals surface area contributed by atoms with Crippen LogP contribution < -0.4 is 4.72 Å². The zero-order valence-electron chi connectivity index (χ0n) is 20.0. The Labute approximate surface area is 230 Å². The second-order valence-electron chi connectivity index (χ2n) is 9.28. The Balaban J connectivity index is 1.48. The van der Waals surface area contributed by atoms with E-state index in [1.807, 2.05) is 4.90 Å². The number of alkyl halides is 2. The number of nitrogens with zero attached hydrogens (tertiary/aromatic N) is 6. The lowest BCUT2D eigenvalue weighted by Gasteiger charge is -2.35. The van der Waals surface area contributed by atoms with Crippen LogP contribution in [0.3, 0.4) is 0 Å². The van der Waals surface area contributed by atoms with E-state index in [-0.39, 0.29) is 36.8 Å². The van der Waals surface area contributed by atoms with Crippen LogP contribution >= 0.6 is 22.9 Å². The van der Waals surface area contributed by atoms with Gasteiger partial charge in [-0.15, -0.1) is 11.3 Å². The van der Waals surface area contributed by atoms with Gasteiger partial charge in [0.2, 0.25) is 0 Å². The van der Waals surface area contributed by atoms with Crippen LogP contribution in [-0.4, -0.2) is 75.1 Å². The van der Waals surface area contributed by atoms with E-state index in [1.54, 1.807) is 11.6 Å². The van der Waals surface area contributed by atoms with Gasteiger partial charge < -0.3 is 10.0 Å². The average Bonchev–Trinajstić information content (AvgIpc) is 3.61. The van der Waals surface area contributed by atoms with E-state index < -0.39 is 40.8 Å². The van der Waals surface area contributed by atoms with Gasteiger partial charge in [0.15, 0.2) is 10.8 Å². The molecule has 0 bridgehead atoms. The lowest BCUT2D eigenvalue weighted by Crippen LogP contribution is -2.58. The summed E-state index contributed by atoms with van der Waals surface area (Å²) in [5, 5.41) is 16.1. The highest BCUT2D eigenvalue weighted by Crippen LogP contribution is 2.46. The van der Waals surface area contributed by atoms with Gasteiger partial charge in [0.25, 0.3) is 10.2 Å². The molecule has 3 aromatic rings. The van der Waals surface area contributed by atoms with E-state index in [1.165, 1.54) is 29.5 Å². The minimum atomic E-state index is -3.88. The number of amidine groups is 1. The van der Waals surface area contributed by atoms with E-state index in [0.717, 1.165) is 16.6 Å². The Morgan fingerprint density at radius 1 is 1.21 bits per heavy atom. The molecule has 2 N–H and O–H groups in total. The number of benzene rings is 1. The summed E-state index contributed by atoms with van der Waals surface area (Å²) in [6.45, 7) is -2.68. The van der Waals surface area contributed by atoms with Gasteiger partial charge in [-0.1, -0.05) is 17.7 Å². The molecule has 0 aliphatic carbocycles. The van der Waals surface area contributed by atoms with Gasteiger partial charge in [0, 0.05) is 71.7 Å². The molecule has 5 heterocycles. The zero-order valence-corrected chi connectivity index (χ0v) is 22.3. The van der Waals surface area contributed by atoms with Crippen molar-refractivity contribution < 1.29 is 26.7 Å². The smallest absolute Gasteiger partial charge is 0.333 e. The van der Waals surface area contributed by atoms with Crippen molar-refractivity contribution in [2.24, 2.45) is 4.99 Å². The second-order valence-corrected chi connectivity index (χ2v) is 12.3. The van der Waals surface area contributed by atoms with E-state index in [4.69, 9.17) is 16.6 Å². The van der Waals surface area contributed by atoms with Crippen molar-refractivity contribution in [1.29, 1.82) is 0 Å². The van der Waals surface area contributed by atoms with Gasteiger partial charge >= 0.3 is 6.55 Å². The topological polar surface area (TPSA) is 116 Å². The molecule has 2 fully saturated rings. The number of aliphatic hydroxyl groups excluding tert-OH is 1. The lowest BCUT2D eigenvalue weighted by atomic mass is 9.92. The van der Waals surface area contributed by atoms with Crippen LogP contribution in [0, 0.1) is 5.82 Å². The summed E-state index contributed by atoms with van der Waals surface area (Å²) in [5.41, 5.74) is 1.69. The maximum Gasteiger partial charge on any atom is 0.333 e. The average molecular weight is 600 g/mol. The maximum absolute atomic E-state index is 13.9. The van der Waals surface area contributed by atoms with Gasteiger partial charge in [-0.05, 0) is 18.2 Å². The van der Waals surface area contributed by atoms with Gasteiger partial charge in [-0.25, -0.2) is 14.1 Å². The number of hydrogen-bond donors (Lipinski definition) is 2. The molecule has 10 nitrogen and oxygen atoms in total. The molecule has 16 heteroatoms. The highest BCUT2D eigenvalue weighted by Gasteiger charge is 2.43. The minimum Gasteiger partial charge on any atom is -0.390 e. The van der Waals surface area contributed by atoms with Crippen LogP contribution in [0.25, 0.3) is 5.57 Å². The summed E-state index contributed by atoms with van der Waals surface area (Å²) in [5.74, 6) is -0.101. The molecule has 2 saturated heterocycles. The molecular formula is C23H21ClF3N7O3S2. The number of aliphatic imine (C=N–C) groups is 1. The predicted octanol–water partition coefficient (Wildman–Crippen LogP) is 3.03. The molecular weight excluding hydrogens is 579 g/mol. The number of β-amino-alcohol motifs (C(OH)–C–C–N with tert-alkyl or cyclic N) is 1. The van der Waals surface area contributed by atoms with Crippen molar-refractivity contribution in [3.63, 3.8) is 0 Å². The highest BCUT2D eigenvalue weighted by atomic mass is 35.5. The fourth-order valence-corrected chi connectivity index (χ4v) is 7.31. The summed E-state index contributed by atoms with van der Waals surface area (Å²) >= 11 is 7.78. The largest absolute Gasteiger partial charge is 0.390 e. The Kier molecular flexibility index (Phi) is 6.76. The second kappa shape index (κ2) is 9.98. The fraction of sp³-hybridized carbons (Fsp3) is 0.348. The molecule has 0 amide bonds. The molecule has 0 unspecified atom stereocenters. The van der Waals surface area contributed by atoms with E-state index >= 15 is 0 Å². The summed E-state index contributed by atoms with van der Waals surface area (Å²) in [6.07, 6.45) is 2.23. The molecule has 6 rings (SSSR count). The molecule has 0 spiro atoms. The van der Waals surface area contributed by atoms with Gasteiger partial charge in [-0.2, -0.15) is 31.3 Å². The van der Waals surface area contributed by atoms with Crippen LogP contribution in [0.15, 0.2) is 52.7 Å². The lowest BCUT2D eigenvalue weighted by molar-refractivity contribution is 0.0537. The van der Waals surface area contributed by atoms with Crippen molar-refractivity contribution in [3.05, 3.63) is 74.8 Å². The third-order valence-corrected chi connectivity index (χ3v) is 9.41. The first-order chi connectivity index (χ1) is 18.6. The number of fused-ring (bicyclic) bond motifs is 1. The Morgan fingerprint density at radius 3 is 2.64 bits per heavy atom. The van der Waals surface area contributed by atoms with E-state index in [0.29, 0.717) is 32.4 Å². The number of hydrogen-bond acceptors (Lipinski definition) is 8. The van der Waals surface area contributed by atoms with Crippen LogP contribution in [0.4, 0.5) is 13.2 Å². The molecule has 1 aromatic carbocycles. The number of aliphatic hydroxyl groups is 1. The molecule has 206 valence electrons. The highest BCUT2D eigenvalue weighted by molar-refractivity contribution is 7.87. The minimum absolute atomic E-state index is 0.00173.